The van der Waals surface area contributed by atoms with E-state index in [0.717, 1.165) is 64.2 Å². The van der Waals surface area contributed by atoms with Crippen LogP contribution in [0.1, 0.15) is 194 Å². The van der Waals surface area contributed by atoms with Crippen LogP contribution in [-0.4, -0.2) is 44.9 Å². The third kappa shape index (κ3) is 27.9. The Labute approximate surface area is 279 Å². The smallest absolute Gasteiger partial charge is 0.164 e. The van der Waals surface area contributed by atoms with Crippen molar-refractivity contribution in [1.29, 1.82) is 0 Å². The summed E-state index contributed by atoms with van der Waals surface area (Å²) in [5, 5.41) is 29.9. The summed E-state index contributed by atoms with van der Waals surface area (Å²) in [4.78, 5) is 26.0. The van der Waals surface area contributed by atoms with Gasteiger partial charge in [0.25, 0.3) is 0 Å². The lowest BCUT2D eigenvalue weighted by Crippen LogP contribution is -2.31. The molecule has 0 spiro atoms. The number of aliphatic hydroxyl groups excluding tert-OH is 3. The van der Waals surface area contributed by atoms with E-state index in [1.54, 1.807) is 0 Å². The molecule has 0 aliphatic rings. The molecule has 0 aliphatic carbocycles. The molecule has 0 fully saturated rings. The molecule has 264 valence electrons. The summed E-state index contributed by atoms with van der Waals surface area (Å²) < 4.78 is 0. The van der Waals surface area contributed by atoms with Gasteiger partial charge in [-0.1, -0.05) is 141 Å². The highest BCUT2D eigenvalue weighted by Gasteiger charge is 2.36. The van der Waals surface area contributed by atoms with Crippen LogP contribution < -0.4 is 0 Å². The molecular weight excluding hydrogens is 579 g/mol. The molecule has 0 aromatic rings. The first-order valence-electron chi connectivity index (χ1n) is 19.1. The van der Waals surface area contributed by atoms with Crippen molar-refractivity contribution in [3.8, 4) is 0 Å². The summed E-state index contributed by atoms with van der Waals surface area (Å²) >= 11 is 0. The Morgan fingerprint density at radius 1 is 0.489 bits per heavy atom. The van der Waals surface area contributed by atoms with Gasteiger partial charge in [0, 0.05) is 12.8 Å². The summed E-state index contributed by atoms with van der Waals surface area (Å²) in [6, 6.07) is 0. The molecule has 6 heteroatoms. The molecule has 0 amide bonds. The second-order valence-electron chi connectivity index (χ2n) is 13.0. The van der Waals surface area contributed by atoms with Crippen molar-refractivity contribution in [2.75, 3.05) is 6.61 Å². The average molecular weight is 653 g/mol. The van der Waals surface area contributed by atoms with Gasteiger partial charge in [0.1, 0.15) is 11.9 Å². The van der Waals surface area contributed by atoms with E-state index in [-0.39, 0.29) is 23.9 Å². The van der Waals surface area contributed by atoms with Crippen molar-refractivity contribution in [3.63, 3.8) is 0 Å². The fourth-order valence-electron chi connectivity index (χ4n) is 5.64. The molecule has 0 aromatic carbocycles. The number of unbranched alkanes of at least 4 members (excludes halogenated alkanes) is 22. The van der Waals surface area contributed by atoms with Crippen LogP contribution in [0.2, 0.25) is 0 Å². The first-order valence-corrected chi connectivity index (χ1v) is 20.5. The molecule has 2 unspecified atom stereocenters. The Bertz CT molecular complexity index is 670. The first-order chi connectivity index (χ1) is 22.0. The maximum atomic E-state index is 13.0. The van der Waals surface area contributed by atoms with E-state index in [9.17, 15) is 24.9 Å². The molecule has 0 aliphatic heterocycles. The van der Waals surface area contributed by atoms with Crippen LogP contribution in [0.3, 0.4) is 0 Å². The van der Waals surface area contributed by atoms with Gasteiger partial charge in [-0.25, -0.2) is 0 Å². The number of hydrogen-bond donors (Lipinski definition) is 3. The van der Waals surface area contributed by atoms with E-state index >= 15 is 0 Å². The van der Waals surface area contributed by atoms with Crippen LogP contribution in [-0.2, 0) is 9.59 Å². The largest absolute Gasteiger partial charge is 0.394 e. The predicted octanol–water partition coefficient (Wildman–Crippen LogP) is 11.3. The molecule has 2 atom stereocenters. The molecular formula is C39H73O5P. The Morgan fingerprint density at radius 3 is 1.09 bits per heavy atom. The van der Waals surface area contributed by atoms with Crippen LogP contribution >= 0.6 is 7.92 Å². The van der Waals surface area contributed by atoms with Crippen molar-refractivity contribution in [2.24, 2.45) is 0 Å². The van der Waals surface area contributed by atoms with Crippen molar-refractivity contribution in [1.82, 2.24) is 0 Å². The summed E-state index contributed by atoms with van der Waals surface area (Å²) in [5.74, 6) is -1.48. The Hall–Kier alpha value is -0.870. The maximum absolute atomic E-state index is 13.0. The Balaban J connectivity index is 4.09. The highest BCUT2D eigenvalue weighted by molar-refractivity contribution is 7.89. The van der Waals surface area contributed by atoms with Crippen LogP contribution in [0.4, 0.5) is 0 Å². The number of rotatable bonds is 35. The molecule has 0 radical (unpaired) electrons. The van der Waals surface area contributed by atoms with E-state index < -0.39 is 26.5 Å². The molecule has 0 aromatic heterocycles. The minimum atomic E-state index is -2.03. The number of allylic oxidation sites excluding steroid dienone is 4. The molecule has 0 rings (SSSR count). The number of carbonyl (C=O) groups is 2. The van der Waals surface area contributed by atoms with Crippen LogP contribution in [0.5, 0.6) is 0 Å². The minimum Gasteiger partial charge on any atom is -0.394 e. The van der Waals surface area contributed by atoms with Crippen molar-refractivity contribution < 1.29 is 24.9 Å². The van der Waals surface area contributed by atoms with E-state index in [2.05, 4.69) is 38.2 Å². The Morgan fingerprint density at radius 2 is 0.778 bits per heavy atom. The summed E-state index contributed by atoms with van der Waals surface area (Å²) in [7, 11) is -2.03. The van der Waals surface area contributed by atoms with Gasteiger partial charge in [-0.15, -0.1) is 0 Å². The highest BCUT2D eigenvalue weighted by atomic mass is 31.1. The molecule has 3 N–H and O–H groups in total. The SMILES string of the molecule is CCCCCCCCC=CCCCCCCCC(=O)P(C(=O)CCCCCCCC=CCCCCCCCC)C(O)C(O)CO. The quantitative estimate of drug-likeness (QED) is 0.0360. The third-order valence-electron chi connectivity index (χ3n) is 8.64. The summed E-state index contributed by atoms with van der Waals surface area (Å²) in [5.41, 5.74) is -0.472. The standard InChI is InChI=1S/C39H73O5P/c1-3-5-7-9-11-13-15-17-19-21-23-25-27-29-31-33-37(42)45(39(44)36(41)35-40)38(43)34-32-30-28-26-24-22-20-18-16-14-12-10-8-6-4-2/h17-20,36,39-41,44H,3-16,21-35H2,1-2H3. The number of aliphatic hydroxyl groups is 3. The van der Waals surface area contributed by atoms with Gasteiger partial charge in [-0.05, 0) is 64.2 Å². The van der Waals surface area contributed by atoms with E-state index in [4.69, 9.17) is 0 Å². The zero-order valence-corrected chi connectivity index (χ0v) is 30.5. The second kappa shape index (κ2) is 34.5. The topological polar surface area (TPSA) is 94.8 Å². The van der Waals surface area contributed by atoms with Gasteiger partial charge in [0.2, 0.25) is 0 Å². The molecule has 0 heterocycles. The van der Waals surface area contributed by atoms with E-state index in [1.807, 2.05) is 0 Å². The van der Waals surface area contributed by atoms with Crippen LogP contribution in [0.25, 0.3) is 0 Å². The first kappa shape index (κ1) is 44.1. The number of hydrogen-bond acceptors (Lipinski definition) is 5. The van der Waals surface area contributed by atoms with Crippen LogP contribution in [0.15, 0.2) is 24.3 Å². The molecule has 0 saturated carbocycles. The summed E-state index contributed by atoms with van der Waals surface area (Å²) in [6.45, 7) is 3.85. The van der Waals surface area contributed by atoms with E-state index in [1.165, 1.54) is 89.9 Å². The molecule has 0 saturated heterocycles. The Kier molecular flexibility index (Phi) is 33.8. The predicted molar refractivity (Wildman–Crippen MR) is 195 cm³/mol. The van der Waals surface area contributed by atoms with Gasteiger partial charge in [0.15, 0.2) is 11.0 Å². The number of carbonyl (C=O) groups excluding carboxylic acids is 2. The lowest BCUT2D eigenvalue weighted by Gasteiger charge is -2.24. The second-order valence-corrected chi connectivity index (χ2v) is 15.3. The van der Waals surface area contributed by atoms with E-state index in [0.29, 0.717) is 12.8 Å². The summed E-state index contributed by atoms with van der Waals surface area (Å²) in [6.07, 6.45) is 38.9. The third-order valence-corrected chi connectivity index (χ3v) is 11.0. The van der Waals surface area contributed by atoms with Crippen LogP contribution in [0, 0.1) is 0 Å². The molecule has 5 nitrogen and oxygen atoms in total. The fourth-order valence-corrected chi connectivity index (χ4v) is 7.74. The molecule has 0 bridgehead atoms. The minimum absolute atomic E-state index is 0.236. The zero-order valence-electron chi connectivity index (χ0n) is 29.6. The van der Waals surface area contributed by atoms with Crippen molar-refractivity contribution >= 4 is 19.0 Å². The van der Waals surface area contributed by atoms with Gasteiger partial charge < -0.3 is 15.3 Å². The van der Waals surface area contributed by atoms with Gasteiger partial charge in [-0.3, -0.25) is 9.59 Å². The normalized spacial score (nSPS) is 14.0. The van der Waals surface area contributed by atoms with Crippen molar-refractivity contribution in [3.05, 3.63) is 24.3 Å². The monoisotopic (exact) mass is 653 g/mol. The zero-order chi connectivity index (χ0) is 33.2. The van der Waals surface area contributed by atoms with Gasteiger partial charge >= 0.3 is 0 Å². The molecule has 45 heavy (non-hydrogen) atoms. The highest BCUT2D eigenvalue weighted by Crippen LogP contribution is 2.46. The van der Waals surface area contributed by atoms with Gasteiger partial charge in [-0.2, -0.15) is 0 Å². The van der Waals surface area contributed by atoms with Gasteiger partial charge in [0.05, 0.1) is 14.5 Å². The lowest BCUT2D eigenvalue weighted by molar-refractivity contribution is -0.115. The fraction of sp³-hybridized carbons (Fsp3) is 0.846. The lowest BCUT2D eigenvalue weighted by atomic mass is 10.1. The van der Waals surface area contributed by atoms with Crippen molar-refractivity contribution in [2.45, 2.75) is 206 Å². The maximum Gasteiger partial charge on any atom is 0.164 e. The average Bonchev–Trinajstić information content (AvgIpc) is 3.04.